The van der Waals surface area contributed by atoms with E-state index < -0.39 is 5.25 Å². The molecule has 7 heteroatoms. The number of ether oxygens (including phenoxy) is 1. The van der Waals surface area contributed by atoms with E-state index in [1.54, 1.807) is 30.7 Å². The molecule has 6 nitrogen and oxygen atoms in total. The number of aromatic nitrogens is 2. The number of carbonyl (C=O) groups excluding carboxylic acids is 1. The summed E-state index contributed by atoms with van der Waals surface area (Å²) < 4.78 is 6.71. The third-order valence-electron chi connectivity index (χ3n) is 4.32. The molecule has 0 spiro atoms. The Morgan fingerprint density at radius 2 is 1.93 bits per heavy atom. The Morgan fingerprint density at radius 1 is 1.21 bits per heavy atom. The van der Waals surface area contributed by atoms with Crippen molar-refractivity contribution in [1.82, 2.24) is 9.55 Å². The van der Waals surface area contributed by atoms with Gasteiger partial charge in [0.15, 0.2) is 5.16 Å². The number of carbonyl (C=O) groups is 1. The maximum absolute atomic E-state index is 12.9. The average Bonchev–Trinajstić information content (AvgIpc) is 2.69. The van der Waals surface area contributed by atoms with Gasteiger partial charge in [0, 0.05) is 12.8 Å². The molecule has 2 aromatic carbocycles. The molecule has 1 heterocycles. The van der Waals surface area contributed by atoms with Crippen LogP contribution in [0.3, 0.4) is 0 Å². The highest BCUT2D eigenvalue weighted by Gasteiger charge is 2.19. The maximum atomic E-state index is 12.9. The molecular weight excluding hydrogens is 374 g/mol. The Balaban J connectivity index is 1.86. The summed E-state index contributed by atoms with van der Waals surface area (Å²) in [5, 5.41) is 3.54. The minimum Gasteiger partial charge on any atom is -0.383 e. The molecule has 0 unspecified atom stereocenters. The van der Waals surface area contributed by atoms with Crippen LogP contribution in [0.5, 0.6) is 0 Å². The number of anilines is 1. The Hall–Kier alpha value is -2.64. The van der Waals surface area contributed by atoms with Crippen molar-refractivity contribution < 1.29 is 9.53 Å². The molecule has 1 N–H and O–H groups in total. The number of benzene rings is 2. The van der Waals surface area contributed by atoms with Gasteiger partial charge in [-0.15, -0.1) is 0 Å². The number of methoxy groups -OCH3 is 1. The quantitative estimate of drug-likeness (QED) is 0.488. The number of nitrogens with one attached hydrogen (secondary N) is 1. The zero-order valence-corrected chi connectivity index (χ0v) is 17.0. The van der Waals surface area contributed by atoms with Crippen molar-refractivity contribution in [2.24, 2.45) is 0 Å². The summed E-state index contributed by atoms with van der Waals surface area (Å²) in [4.78, 5) is 30.1. The summed E-state index contributed by atoms with van der Waals surface area (Å²) in [6.45, 7) is 4.56. The number of amides is 1. The minimum atomic E-state index is -0.428. The van der Waals surface area contributed by atoms with Crippen molar-refractivity contribution in [3.63, 3.8) is 0 Å². The zero-order chi connectivity index (χ0) is 20.1. The largest absolute Gasteiger partial charge is 0.383 e. The fourth-order valence-electron chi connectivity index (χ4n) is 2.71. The summed E-state index contributed by atoms with van der Waals surface area (Å²) in [5.41, 5.74) is 2.36. The van der Waals surface area contributed by atoms with Crippen LogP contribution >= 0.6 is 11.8 Å². The van der Waals surface area contributed by atoms with Gasteiger partial charge < -0.3 is 10.1 Å². The van der Waals surface area contributed by atoms with Crippen molar-refractivity contribution in [3.8, 4) is 0 Å². The molecule has 0 fully saturated rings. The molecular formula is C21H23N3O3S. The Labute approximate surface area is 167 Å². The molecule has 1 atom stereocenters. The van der Waals surface area contributed by atoms with E-state index in [4.69, 9.17) is 4.74 Å². The number of para-hydroxylation sites is 1. The lowest BCUT2D eigenvalue weighted by Gasteiger charge is -2.16. The summed E-state index contributed by atoms with van der Waals surface area (Å²) in [5.74, 6) is -0.144. The second-order valence-electron chi connectivity index (χ2n) is 6.48. The molecule has 0 bridgehead atoms. The second kappa shape index (κ2) is 9.03. The zero-order valence-electron chi connectivity index (χ0n) is 16.1. The fourth-order valence-corrected chi connectivity index (χ4v) is 3.64. The number of hydrogen-bond donors (Lipinski definition) is 1. The normalized spacial score (nSPS) is 12.1. The number of nitrogens with zero attached hydrogens (tertiary/aromatic N) is 2. The molecule has 0 saturated heterocycles. The summed E-state index contributed by atoms with van der Waals surface area (Å²) in [6, 6.07) is 14.9. The van der Waals surface area contributed by atoms with E-state index >= 15 is 0 Å². The third kappa shape index (κ3) is 4.61. The van der Waals surface area contributed by atoms with Crippen molar-refractivity contribution in [2.75, 3.05) is 19.0 Å². The molecule has 3 aromatic rings. The van der Waals surface area contributed by atoms with Crippen LogP contribution in [0.1, 0.15) is 12.5 Å². The summed E-state index contributed by atoms with van der Waals surface area (Å²) in [7, 11) is 1.59. The molecule has 0 aliphatic carbocycles. The highest BCUT2D eigenvalue weighted by Crippen LogP contribution is 2.23. The molecule has 28 heavy (non-hydrogen) atoms. The highest BCUT2D eigenvalue weighted by molar-refractivity contribution is 8.00. The number of aryl methyl sites for hydroxylation is 1. The van der Waals surface area contributed by atoms with Gasteiger partial charge in [-0.2, -0.15) is 0 Å². The van der Waals surface area contributed by atoms with Gasteiger partial charge in [0.2, 0.25) is 5.91 Å². The van der Waals surface area contributed by atoms with Crippen LogP contribution in [0.2, 0.25) is 0 Å². The lowest BCUT2D eigenvalue weighted by Crippen LogP contribution is -2.28. The highest BCUT2D eigenvalue weighted by atomic mass is 32.2. The standard InChI is InChI=1S/C21H23N3O3S/c1-14-8-10-16(11-9-14)22-19(25)15(2)28-21-23-18-7-5-4-6-17(18)20(26)24(21)12-13-27-3/h4-11,15H,12-13H2,1-3H3,(H,22,25)/t15-/m0/s1. The van der Waals surface area contributed by atoms with Crippen molar-refractivity contribution in [2.45, 2.75) is 30.8 Å². The first-order valence-corrected chi connectivity index (χ1v) is 9.90. The van der Waals surface area contributed by atoms with Gasteiger partial charge in [0.05, 0.1) is 29.3 Å². The number of thioether (sulfide) groups is 1. The van der Waals surface area contributed by atoms with Crippen LogP contribution in [0.25, 0.3) is 10.9 Å². The Bertz CT molecular complexity index is 1030. The van der Waals surface area contributed by atoms with E-state index in [1.165, 1.54) is 11.8 Å². The molecule has 0 aliphatic heterocycles. The second-order valence-corrected chi connectivity index (χ2v) is 7.78. The van der Waals surface area contributed by atoms with Crippen LogP contribution in [0, 0.1) is 6.92 Å². The van der Waals surface area contributed by atoms with Gasteiger partial charge in [0.1, 0.15) is 0 Å². The first kappa shape index (κ1) is 20.1. The van der Waals surface area contributed by atoms with Crippen molar-refractivity contribution in [3.05, 3.63) is 64.4 Å². The smallest absolute Gasteiger partial charge is 0.262 e. The Kier molecular flexibility index (Phi) is 6.49. The van der Waals surface area contributed by atoms with Gasteiger partial charge in [-0.3, -0.25) is 14.2 Å². The number of rotatable bonds is 7. The third-order valence-corrected chi connectivity index (χ3v) is 5.41. The summed E-state index contributed by atoms with van der Waals surface area (Å²) in [6.07, 6.45) is 0. The van der Waals surface area contributed by atoms with Crippen LogP contribution in [0.15, 0.2) is 58.5 Å². The van der Waals surface area contributed by atoms with Gasteiger partial charge >= 0.3 is 0 Å². The van der Waals surface area contributed by atoms with Gasteiger partial charge in [-0.1, -0.05) is 41.6 Å². The molecule has 0 aliphatic rings. The lowest BCUT2D eigenvalue weighted by molar-refractivity contribution is -0.115. The minimum absolute atomic E-state index is 0.128. The first-order chi connectivity index (χ1) is 13.5. The monoisotopic (exact) mass is 397 g/mol. The van der Waals surface area contributed by atoms with Gasteiger partial charge in [-0.25, -0.2) is 4.98 Å². The molecule has 3 rings (SSSR count). The Morgan fingerprint density at radius 3 is 2.64 bits per heavy atom. The van der Waals surface area contributed by atoms with Crippen LogP contribution < -0.4 is 10.9 Å². The van der Waals surface area contributed by atoms with Crippen molar-refractivity contribution >= 4 is 34.3 Å². The molecule has 0 saturated carbocycles. The van der Waals surface area contributed by atoms with Crippen LogP contribution in [-0.2, 0) is 16.1 Å². The van der Waals surface area contributed by atoms with E-state index in [0.717, 1.165) is 11.3 Å². The van der Waals surface area contributed by atoms with E-state index in [2.05, 4.69) is 10.3 Å². The molecule has 0 radical (unpaired) electrons. The van der Waals surface area contributed by atoms with E-state index in [1.807, 2.05) is 43.3 Å². The lowest BCUT2D eigenvalue weighted by atomic mass is 10.2. The molecule has 1 amide bonds. The predicted octanol–water partition coefficient (Wildman–Crippen LogP) is 3.47. The van der Waals surface area contributed by atoms with Crippen molar-refractivity contribution in [1.29, 1.82) is 0 Å². The average molecular weight is 398 g/mol. The van der Waals surface area contributed by atoms with Crippen LogP contribution in [-0.4, -0.2) is 34.4 Å². The SMILES string of the molecule is COCCn1c(S[C@@H](C)C(=O)Nc2ccc(C)cc2)nc2ccccc2c1=O. The topological polar surface area (TPSA) is 73.2 Å². The molecule has 146 valence electrons. The number of fused-ring (bicyclic) bond motifs is 1. The maximum Gasteiger partial charge on any atom is 0.262 e. The van der Waals surface area contributed by atoms with E-state index in [-0.39, 0.29) is 11.5 Å². The van der Waals surface area contributed by atoms with Gasteiger partial charge in [0.25, 0.3) is 5.56 Å². The van der Waals surface area contributed by atoms with E-state index in [9.17, 15) is 9.59 Å². The summed E-state index contributed by atoms with van der Waals surface area (Å²) >= 11 is 1.26. The number of hydrogen-bond acceptors (Lipinski definition) is 5. The van der Waals surface area contributed by atoms with Crippen LogP contribution in [0.4, 0.5) is 5.69 Å². The first-order valence-electron chi connectivity index (χ1n) is 9.02. The predicted molar refractivity (Wildman–Crippen MR) is 113 cm³/mol. The molecule has 1 aromatic heterocycles. The fraction of sp³-hybridized carbons (Fsp3) is 0.286. The van der Waals surface area contributed by atoms with E-state index in [0.29, 0.717) is 29.2 Å². The van der Waals surface area contributed by atoms with Gasteiger partial charge in [-0.05, 0) is 38.1 Å².